The van der Waals surface area contributed by atoms with Crippen LogP contribution in [0.4, 0.5) is 0 Å². The molecular formula is C22H31NO. The van der Waals surface area contributed by atoms with Crippen LogP contribution in [0.2, 0.25) is 0 Å². The lowest BCUT2D eigenvalue weighted by atomic mass is 9.69. The zero-order chi connectivity index (χ0) is 17.4. The van der Waals surface area contributed by atoms with Gasteiger partial charge in [0, 0.05) is 23.1 Å². The van der Waals surface area contributed by atoms with E-state index in [0.717, 1.165) is 17.9 Å². The van der Waals surface area contributed by atoms with E-state index in [1.165, 1.54) is 36.8 Å². The molecule has 3 rings (SSSR count). The van der Waals surface area contributed by atoms with Gasteiger partial charge in [0.05, 0.1) is 0 Å². The molecule has 0 spiro atoms. The molecule has 1 aliphatic rings. The highest BCUT2D eigenvalue weighted by molar-refractivity contribution is 5.57. The Bertz CT molecular complexity index is 590. The van der Waals surface area contributed by atoms with Crippen LogP contribution in [0.25, 0.3) is 0 Å². The molecule has 2 nitrogen and oxygen atoms in total. The van der Waals surface area contributed by atoms with E-state index in [2.05, 4.69) is 43.3 Å². The van der Waals surface area contributed by atoms with Crippen LogP contribution >= 0.6 is 0 Å². The Morgan fingerprint density at radius 2 is 1.38 bits per heavy atom. The molecule has 0 fully saturated rings. The number of rotatable bonds is 6. The van der Waals surface area contributed by atoms with Crippen molar-refractivity contribution >= 4 is 0 Å². The number of benzene rings is 2. The predicted octanol–water partition coefficient (Wildman–Crippen LogP) is 6.03. The van der Waals surface area contributed by atoms with E-state index in [1.54, 1.807) is 0 Å². The van der Waals surface area contributed by atoms with Crippen LogP contribution in [0.1, 0.15) is 64.0 Å². The molecule has 24 heavy (non-hydrogen) atoms. The highest BCUT2D eigenvalue weighted by atomic mass is 16.5. The van der Waals surface area contributed by atoms with Gasteiger partial charge in [-0.3, -0.25) is 0 Å². The summed E-state index contributed by atoms with van der Waals surface area (Å²) < 4.78 is 6.11. The maximum atomic E-state index is 6.33. The zero-order valence-electron chi connectivity index (χ0n) is 15.3. The second-order valence-electron chi connectivity index (χ2n) is 6.19. The van der Waals surface area contributed by atoms with Gasteiger partial charge in [-0.05, 0) is 18.6 Å². The summed E-state index contributed by atoms with van der Waals surface area (Å²) in [5.74, 6) is 1.92. The molecule has 2 aromatic carbocycles. The molecule has 0 amide bonds. The van der Waals surface area contributed by atoms with Gasteiger partial charge >= 0.3 is 0 Å². The van der Waals surface area contributed by atoms with Crippen molar-refractivity contribution in [2.45, 2.75) is 58.3 Å². The topological polar surface area (TPSA) is 35.2 Å². The minimum absolute atomic E-state index is 0.112. The molecule has 0 aliphatic carbocycles. The Labute approximate surface area is 147 Å². The van der Waals surface area contributed by atoms with Gasteiger partial charge in [-0.15, -0.1) is 0 Å². The summed E-state index contributed by atoms with van der Waals surface area (Å²) in [6, 6.07) is 16.7. The molecule has 0 radical (unpaired) electrons. The molecule has 1 aliphatic heterocycles. The van der Waals surface area contributed by atoms with Crippen molar-refractivity contribution in [3.8, 4) is 11.5 Å². The Hall–Kier alpha value is -1.80. The maximum absolute atomic E-state index is 6.33. The summed E-state index contributed by atoms with van der Waals surface area (Å²) >= 11 is 0. The van der Waals surface area contributed by atoms with Crippen LogP contribution in [0.15, 0.2) is 48.5 Å². The van der Waals surface area contributed by atoms with Crippen LogP contribution in [-0.2, 0) is 5.41 Å². The van der Waals surface area contributed by atoms with Gasteiger partial charge in [0.2, 0.25) is 0 Å². The predicted molar refractivity (Wildman–Crippen MR) is 103 cm³/mol. The molecular weight excluding hydrogens is 294 g/mol. The lowest BCUT2D eigenvalue weighted by Gasteiger charge is -2.39. The SMILES string of the molecule is CC.CCCCCCC1(CN)c2ccccc2Oc2ccccc21. The minimum Gasteiger partial charge on any atom is -0.457 e. The third-order valence-corrected chi connectivity index (χ3v) is 4.83. The van der Waals surface area contributed by atoms with E-state index < -0.39 is 0 Å². The molecule has 130 valence electrons. The number of ether oxygens (including phenoxy) is 1. The largest absolute Gasteiger partial charge is 0.457 e. The van der Waals surface area contributed by atoms with E-state index in [0.29, 0.717) is 6.54 Å². The molecule has 0 atom stereocenters. The molecule has 1 heterocycles. The van der Waals surface area contributed by atoms with E-state index in [9.17, 15) is 0 Å². The lowest BCUT2D eigenvalue weighted by molar-refractivity contribution is 0.369. The molecule has 2 N–H and O–H groups in total. The van der Waals surface area contributed by atoms with Crippen LogP contribution in [0.5, 0.6) is 11.5 Å². The van der Waals surface area contributed by atoms with Crippen LogP contribution in [-0.4, -0.2) is 6.54 Å². The van der Waals surface area contributed by atoms with Crippen molar-refractivity contribution in [1.29, 1.82) is 0 Å². The van der Waals surface area contributed by atoms with E-state index >= 15 is 0 Å². The van der Waals surface area contributed by atoms with Crippen molar-refractivity contribution in [3.63, 3.8) is 0 Å². The van der Waals surface area contributed by atoms with E-state index in [-0.39, 0.29) is 5.41 Å². The fourth-order valence-electron chi connectivity index (χ4n) is 3.61. The average molecular weight is 325 g/mol. The maximum Gasteiger partial charge on any atom is 0.131 e. The normalized spacial score (nSPS) is 13.8. The Kier molecular flexibility index (Phi) is 6.86. The lowest BCUT2D eigenvalue weighted by Crippen LogP contribution is -2.38. The van der Waals surface area contributed by atoms with E-state index in [1.807, 2.05) is 26.0 Å². The molecule has 0 saturated heterocycles. The fraction of sp³-hybridized carbons (Fsp3) is 0.455. The second-order valence-corrected chi connectivity index (χ2v) is 6.19. The molecule has 2 heteroatoms. The fourth-order valence-corrected chi connectivity index (χ4v) is 3.61. The first-order valence-electron chi connectivity index (χ1n) is 9.39. The Morgan fingerprint density at radius 1 is 0.833 bits per heavy atom. The minimum atomic E-state index is -0.112. The number of para-hydroxylation sites is 2. The van der Waals surface area contributed by atoms with Gasteiger partial charge in [0.1, 0.15) is 11.5 Å². The molecule has 0 unspecified atom stereocenters. The quantitative estimate of drug-likeness (QED) is 0.658. The zero-order valence-corrected chi connectivity index (χ0v) is 15.3. The summed E-state index contributed by atoms with van der Waals surface area (Å²) in [6.07, 6.45) is 6.10. The third kappa shape index (κ3) is 3.49. The van der Waals surface area contributed by atoms with Crippen molar-refractivity contribution in [1.82, 2.24) is 0 Å². The number of nitrogens with two attached hydrogens (primary N) is 1. The van der Waals surface area contributed by atoms with Crippen molar-refractivity contribution in [3.05, 3.63) is 59.7 Å². The molecule has 0 saturated carbocycles. The Morgan fingerprint density at radius 3 is 1.88 bits per heavy atom. The molecule has 0 aromatic heterocycles. The van der Waals surface area contributed by atoms with Gasteiger partial charge in [0.25, 0.3) is 0 Å². The van der Waals surface area contributed by atoms with Crippen LogP contribution < -0.4 is 10.5 Å². The van der Waals surface area contributed by atoms with Gasteiger partial charge in [-0.25, -0.2) is 0 Å². The van der Waals surface area contributed by atoms with Gasteiger partial charge in [-0.2, -0.15) is 0 Å². The first kappa shape index (κ1) is 18.5. The van der Waals surface area contributed by atoms with Crippen LogP contribution in [0, 0.1) is 0 Å². The number of unbranched alkanes of at least 4 members (excludes halogenated alkanes) is 3. The summed E-state index contributed by atoms with van der Waals surface area (Å²) in [7, 11) is 0. The highest BCUT2D eigenvalue weighted by Gasteiger charge is 2.40. The summed E-state index contributed by atoms with van der Waals surface area (Å²) in [4.78, 5) is 0. The van der Waals surface area contributed by atoms with Crippen LogP contribution in [0.3, 0.4) is 0 Å². The average Bonchev–Trinajstić information content (AvgIpc) is 2.66. The van der Waals surface area contributed by atoms with Gasteiger partial charge in [-0.1, -0.05) is 82.9 Å². The second kappa shape index (κ2) is 8.89. The number of hydrogen-bond donors (Lipinski definition) is 1. The Balaban J connectivity index is 0.00000100. The molecule has 0 bridgehead atoms. The highest BCUT2D eigenvalue weighted by Crippen LogP contribution is 2.49. The van der Waals surface area contributed by atoms with Crippen molar-refractivity contribution < 1.29 is 4.74 Å². The molecule has 2 aromatic rings. The first-order valence-corrected chi connectivity index (χ1v) is 9.39. The first-order chi connectivity index (χ1) is 11.8. The van der Waals surface area contributed by atoms with E-state index in [4.69, 9.17) is 10.5 Å². The number of fused-ring (bicyclic) bond motifs is 2. The smallest absolute Gasteiger partial charge is 0.131 e. The monoisotopic (exact) mass is 325 g/mol. The van der Waals surface area contributed by atoms with Gasteiger partial charge in [0.15, 0.2) is 0 Å². The van der Waals surface area contributed by atoms with Crippen molar-refractivity contribution in [2.24, 2.45) is 5.73 Å². The summed E-state index contributed by atoms with van der Waals surface area (Å²) in [5.41, 5.74) is 8.70. The van der Waals surface area contributed by atoms with Gasteiger partial charge < -0.3 is 10.5 Å². The standard InChI is InChI=1S/C20H25NO.C2H6/c1-2-3-4-9-14-20(15-21)16-10-5-7-12-18(16)22-19-13-8-6-11-17(19)20;1-2/h5-8,10-13H,2-4,9,14-15,21H2,1H3;1-2H3. The summed E-state index contributed by atoms with van der Waals surface area (Å²) in [5, 5.41) is 0. The summed E-state index contributed by atoms with van der Waals surface area (Å²) in [6.45, 7) is 6.87. The third-order valence-electron chi connectivity index (χ3n) is 4.83. The number of hydrogen-bond acceptors (Lipinski definition) is 2. The van der Waals surface area contributed by atoms with Crippen molar-refractivity contribution in [2.75, 3.05) is 6.54 Å².